The van der Waals surface area contributed by atoms with Gasteiger partial charge in [0.2, 0.25) is 0 Å². The smallest absolute Gasteiger partial charge is 0.193 e. The van der Waals surface area contributed by atoms with Crippen LogP contribution in [0.15, 0.2) is 48.2 Å². The fourth-order valence-corrected chi connectivity index (χ4v) is 3.26. The lowest BCUT2D eigenvalue weighted by molar-refractivity contribution is 0.112. The highest BCUT2D eigenvalue weighted by Crippen LogP contribution is 2.21. The zero-order chi connectivity index (χ0) is 13.5. The number of hydrogen-bond donors (Lipinski definition) is 0. The lowest BCUT2D eigenvalue weighted by atomic mass is 10.1. The Labute approximate surface area is 118 Å². The van der Waals surface area contributed by atoms with Gasteiger partial charge in [0.15, 0.2) is 11.2 Å². The first kappa shape index (κ1) is 11.4. The molecule has 20 heavy (non-hydrogen) atoms. The second-order valence-corrected chi connectivity index (χ2v) is 5.54. The van der Waals surface area contributed by atoms with E-state index in [1.165, 1.54) is 0 Å². The Kier molecular flexibility index (Phi) is 2.47. The lowest BCUT2D eigenvalue weighted by Crippen LogP contribution is -2.00. The summed E-state index contributed by atoms with van der Waals surface area (Å²) >= 11 is 1.62. The van der Waals surface area contributed by atoms with E-state index in [9.17, 15) is 4.79 Å². The Morgan fingerprint density at radius 1 is 1.25 bits per heavy atom. The van der Waals surface area contributed by atoms with Crippen molar-refractivity contribution in [2.45, 2.75) is 6.54 Å². The number of aromatic nitrogens is 3. The van der Waals surface area contributed by atoms with Crippen LogP contribution < -0.4 is 0 Å². The van der Waals surface area contributed by atoms with Crippen molar-refractivity contribution in [3.8, 4) is 0 Å². The van der Waals surface area contributed by atoms with Gasteiger partial charge in [0.1, 0.15) is 0 Å². The van der Waals surface area contributed by atoms with Crippen molar-refractivity contribution in [3.05, 3.63) is 59.5 Å². The van der Waals surface area contributed by atoms with Crippen LogP contribution in [-0.4, -0.2) is 20.2 Å². The molecule has 0 saturated carbocycles. The van der Waals surface area contributed by atoms with Crippen LogP contribution in [0, 0.1) is 0 Å². The Morgan fingerprint density at radius 3 is 3.05 bits per heavy atom. The Bertz CT molecular complexity index is 887. The average molecular weight is 281 g/mol. The molecule has 0 amide bonds. The summed E-state index contributed by atoms with van der Waals surface area (Å²) in [4.78, 5) is 16.8. The highest BCUT2D eigenvalue weighted by atomic mass is 32.1. The van der Waals surface area contributed by atoms with Gasteiger partial charge >= 0.3 is 0 Å². The molecule has 0 N–H and O–H groups in total. The van der Waals surface area contributed by atoms with Crippen LogP contribution in [0.2, 0.25) is 0 Å². The summed E-state index contributed by atoms with van der Waals surface area (Å²) in [6.45, 7) is 0.669. The maximum Gasteiger partial charge on any atom is 0.193 e. The second kappa shape index (κ2) is 4.31. The normalized spacial score (nSPS) is 11.4. The zero-order valence-electron chi connectivity index (χ0n) is 10.6. The van der Waals surface area contributed by atoms with E-state index in [1.54, 1.807) is 11.3 Å². The number of nitrogens with zero attached hydrogens (tertiary/aromatic N) is 3. The van der Waals surface area contributed by atoms with Gasteiger partial charge in [0.25, 0.3) is 0 Å². The first-order valence-corrected chi connectivity index (χ1v) is 7.17. The predicted octanol–water partition coefficient (Wildman–Crippen LogP) is 3.21. The summed E-state index contributed by atoms with van der Waals surface area (Å²) in [5.41, 5.74) is 2.68. The van der Waals surface area contributed by atoms with Crippen LogP contribution in [-0.2, 0) is 6.54 Å². The monoisotopic (exact) mass is 281 g/mol. The van der Waals surface area contributed by atoms with Gasteiger partial charge in [-0.3, -0.25) is 9.20 Å². The van der Waals surface area contributed by atoms with Gasteiger partial charge in [-0.15, -0.1) is 11.3 Å². The largest absolute Gasteiger partial charge is 0.341 e. The third-order valence-corrected chi connectivity index (χ3v) is 4.19. The fourth-order valence-electron chi connectivity index (χ4n) is 2.54. The molecule has 0 aliphatic heterocycles. The molecule has 5 heteroatoms. The number of thiazole rings is 1. The zero-order valence-corrected chi connectivity index (χ0v) is 11.4. The van der Waals surface area contributed by atoms with Gasteiger partial charge in [-0.2, -0.15) is 0 Å². The minimum Gasteiger partial charge on any atom is -0.341 e. The molecule has 98 valence electrons. The molecule has 0 unspecified atom stereocenters. The van der Waals surface area contributed by atoms with E-state index in [0.717, 1.165) is 27.8 Å². The molecule has 1 aromatic carbocycles. The van der Waals surface area contributed by atoms with Gasteiger partial charge in [0, 0.05) is 34.9 Å². The quantitative estimate of drug-likeness (QED) is 0.541. The van der Waals surface area contributed by atoms with E-state index in [1.807, 2.05) is 52.6 Å². The predicted molar refractivity (Wildman–Crippen MR) is 79.5 cm³/mol. The van der Waals surface area contributed by atoms with Crippen LogP contribution in [0.25, 0.3) is 15.9 Å². The molecule has 0 bridgehead atoms. The van der Waals surface area contributed by atoms with Gasteiger partial charge < -0.3 is 4.57 Å². The molecule has 0 saturated heterocycles. The van der Waals surface area contributed by atoms with Gasteiger partial charge in [-0.05, 0) is 12.1 Å². The number of benzene rings is 1. The van der Waals surface area contributed by atoms with Crippen molar-refractivity contribution in [2.24, 2.45) is 0 Å². The van der Waals surface area contributed by atoms with Crippen LogP contribution >= 0.6 is 11.3 Å². The number of rotatable bonds is 3. The minimum atomic E-state index is 0.669. The standard InChI is InChI=1S/C15H11N3OS/c19-10-12-3-1-2-11-4-5-17(14(11)12)8-13-9-18-6-7-20-15(18)16-13/h1-7,9-10H,8H2. The number of para-hydroxylation sites is 1. The molecule has 0 spiro atoms. The van der Waals surface area contributed by atoms with Crippen LogP contribution in [0.5, 0.6) is 0 Å². The fraction of sp³-hybridized carbons (Fsp3) is 0.0667. The molecule has 4 rings (SSSR count). The summed E-state index contributed by atoms with van der Waals surface area (Å²) in [6, 6.07) is 7.80. The summed E-state index contributed by atoms with van der Waals surface area (Å²) in [7, 11) is 0. The van der Waals surface area contributed by atoms with E-state index in [-0.39, 0.29) is 0 Å². The first-order chi connectivity index (χ1) is 9.85. The molecule has 0 aliphatic rings. The SMILES string of the molecule is O=Cc1cccc2ccn(Cc3cn4ccsc4n3)c12. The summed E-state index contributed by atoms with van der Waals surface area (Å²) < 4.78 is 4.10. The number of aldehydes is 1. The summed E-state index contributed by atoms with van der Waals surface area (Å²) in [6.07, 6.45) is 6.94. The first-order valence-electron chi connectivity index (χ1n) is 6.29. The number of carbonyl (C=O) groups is 1. The molecule has 0 radical (unpaired) electrons. The van der Waals surface area contributed by atoms with Crippen molar-refractivity contribution in [2.75, 3.05) is 0 Å². The minimum absolute atomic E-state index is 0.669. The van der Waals surface area contributed by atoms with Crippen molar-refractivity contribution in [3.63, 3.8) is 0 Å². The Hall–Kier alpha value is -2.40. The number of fused-ring (bicyclic) bond motifs is 2. The van der Waals surface area contributed by atoms with Crippen molar-refractivity contribution >= 4 is 33.5 Å². The lowest BCUT2D eigenvalue weighted by Gasteiger charge is -2.04. The Morgan fingerprint density at radius 2 is 2.20 bits per heavy atom. The van der Waals surface area contributed by atoms with Gasteiger partial charge in [0.05, 0.1) is 17.8 Å². The number of hydrogen-bond acceptors (Lipinski definition) is 3. The molecule has 4 nitrogen and oxygen atoms in total. The molecular formula is C15H11N3OS. The van der Waals surface area contributed by atoms with E-state index in [2.05, 4.69) is 9.55 Å². The maximum absolute atomic E-state index is 11.2. The van der Waals surface area contributed by atoms with E-state index >= 15 is 0 Å². The van der Waals surface area contributed by atoms with Gasteiger partial charge in [-0.1, -0.05) is 12.1 Å². The molecular weight excluding hydrogens is 270 g/mol. The molecule has 0 fully saturated rings. The van der Waals surface area contributed by atoms with Gasteiger partial charge in [-0.25, -0.2) is 4.98 Å². The topological polar surface area (TPSA) is 39.3 Å². The Balaban J connectivity index is 1.82. The molecule has 0 atom stereocenters. The number of carbonyl (C=O) groups excluding carboxylic acids is 1. The highest BCUT2D eigenvalue weighted by Gasteiger charge is 2.08. The van der Waals surface area contributed by atoms with Crippen molar-refractivity contribution in [1.82, 2.24) is 14.0 Å². The molecule has 3 heterocycles. The van der Waals surface area contributed by atoms with E-state index < -0.39 is 0 Å². The van der Waals surface area contributed by atoms with Crippen LogP contribution in [0.4, 0.5) is 0 Å². The molecule has 4 aromatic rings. The van der Waals surface area contributed by atoms with Crippen LogP contribution in [0.3, 0.4) is 0 Å². The van der Waals surface area contributed by atoms with E-state index in [0.29, 0.717) is 12.1 Å². The third kappa shape index (κ3) is 1.67. The van der Waals surface area contributed by atoms with Crippen molar-refractivity contribution in [1.29, 1.82) is 0 Å². The van der Waals surface area contributed by atoms with Crippen LogP contribution in [0.1, 0.15) is 16.1 Å². The summed E-state index contributed by atoms with van der Waals surface area (Å²) in [5, 5.41) is 3.09. The molecule has 0 aliphatic carbocycles. The third-order valence-electron chi connectivity index (χ3n) is 3.42. The summed E-state index contributed by atoms with van der Waals surface area (Å²) in [5.74, 6) is 0. The van der Waals surface area contributed by atoms with Crippen molar-refractivity contribution < 1.29 is 4.79 Å². The van der Waals surface area contributed by atoms with E-state index in [4.69, 9.17) is 0 Å². The maximum atomic E-state index is 11.2. The second-order valence-electron chi connectivity index (χ2n) is 4.67. The number of imidazole rings is 1. The highest BCUT2D eigenvalue weighted by molar-refractivity contribution is 7.15. The average Bonchev–Trinajstić information content (AvgIpc) is 3.13. The molecule has 3 aromatic heterocycles.